The molecule has 2 aromatic rings. The fourth-order valence-electron chi connectivity index (χ4n) is 2.64. The van der Waals surface area contributed by atoms with Gasteiger partial charge in [0.1, 0.15) is 0 Å². The van der Waals surface area contributed by atoms with Gasteiger partial charge < -0.3 is 11.1 Å². The number of nitrogens with two attached hydrogens (primary N) is 1. The first-order valence-corrected chi connectivity index (χ1v) is 7.32. The van der Waals surface area contributed by atoms with Gasteiger partial charge in [-0.3, -0.25) is 4.79 Å². The summed E-state index contributed by atoms with van der Waals surface area (Å²) in [6.07, 6.45) is 1.15. The third-order valence-corrected chi connectivity index (χ3v) is 4.10. The molecule has 3 nitrogen and oxygen atoms in total. The van der Waals surface area contributed by atoms with Crippen molar-refractivity contribution >= 4 is 5.91 Å². The number of hydrogen-bond donors (Lipinski definition) is 2. The van der Waals surface area contributed by atoms with Gasteiger partial charge in [-0.2, -0.15) is 0 Å². The van der Waals surface area contributed by atoms with Gasteiger partial charge in [0, 0.05) is 24.1 Å². The number of nitrogens with one attached hydrogen (secondary N) is 1. The van der Waals surface area contributed by atoms with Crippen LogP contribution in [0.1, 0.15) is 39.4 Å². The summed E-state index contributed by atoms with van der Waals surface area (Å²) in [6, 6.07) is 16.8. The molecule has 0 bridgehead atoms. The van der Waals surface area contributed by atoms with Gasteiger partial charge in [0.05, 0.1) is 0 Å². The van der Waals surface area contributed by atoms with E-state index in [4.69, 9.17) is 5.73 Å². The van der Waals surface area contributed by atoms with E-state index in [9.17, 15) is 4.79 Å². The summed E-state index contributed by atoms with van der Waals surface area (Å²) < 4.78 is 0. The van der Waals surface area contributed by atoms with Gasteiger partial charge in [0.15, 0.2) is 0 Å². The maximum atomic E-state index is 11.1. The standard InChI is InChI=1S/C18H20N2O/c1-12-2-4-13(5-3-12)11-20-17-10-16(17)14-6-8-15(9-7-14)18(19)21/h2-9,16-17,20H,10-11H2,1H3,(H2,19,21). The highest BCUT2D eigenvalue weighted by atomic mass is 16.1. The molecule has 2 atom stereocenters. The summed E-state index contributed by atoms with van der Waals surface area (Å²) >= 11 is 0. The van der Waals surface area contributed by atoms with Crippen molar-refractivity contribution in [2.24, 2.45) is 5.73 Å². The van der Waals surface area contributed by atoms with E-state index in [1.165, 1.54) is 16.7 Å². The van der Waals surface area contributed by atoms with E-state index >= 15 is 0 Å². The van der Waals surface area contributed by atoms with E-state index in [-0.39, 0.29) is 5.91 Å². The number of carbonyl (C=O) groups excluding carboxylic acids is 1. The number of primary amides is 1. The summed E-state index contributed by atoms with van der Waals surface area (Å²) in [4.78, 5) is 11.1. The Hall–Kier alpha value is -2.13. The summed E-state index contributed by atoms with van der Waals surface area (Å²) in [7, 11) is 0. The zero-order valence-electron chi connectivity index (χ0n) is 12.2. The Kier molecular flexibility index (Phi) is 3.76. The second-order valence-corrected chi connectivity index (χ2v) is 5.80. The smallest absolute Gasteiger partial charge is 0.248 e. The van der Waals surface area contributed by atoms with E-state index in [0.29, 0.717) is 17.5 Å². The Morgan fingerprint density at radius 2 is 1.81 bits per heavy atom. The van der Waals surface area contributed by atoms with Gasteiger partial charge in [-0.25, -0.2) is 0 Å². The summed E-state index contributed by atoms with van der Waals surface area (Å²) in [5.41, 5.74) is 9.71. The third kappa shape index (κ3) is 3.31. The number of hydrogen-bond acceptors (Lipinski definition) is 2. The fraction of sp³-hybridized carbons (Fsp3) is 0.278. The number of carbonyl (C=O) groups is 1. The highest BCUT2D eigenvalue weighted by Gasteiger charge is 2.37. The van der Waals surface area contributed by atoms with Crippen LogP contribution in [0.5, 0.6) is 0 Å². The van der Waals surface area contributed by atoms with Crippen molar-refractivity contribution in [3.8, 4) is 0 Å². The van der Waals surface area contributed by atoms with Crippen LogP contribution in [0.2, 0.25) is 0 Å². The molecule has 1 aliphatic carbocycles. The van der Waals surface area contributed by atoms with Crippen molar-refractivity contribution in [3.63, 3.8) is 0 Å². The minimum Gasteiger partial charge on any atom is -0.366 e. The molecule has 0 spiro atoms. The van der Waals surface area contributed by atoms with Crippen LogP contribution >= 0.6 is 0 Å². The maximum Gasteiger partial charge on any atom is 0.248 e. The van der Waals surface area contributed by atoms with Gasteiger partial charge in [0.25, 0.3) is 0 Å². The van der Waals surface area contributed by atoms with E-state index < -0.39 is 0 Å². The SMILES string of the molecule is Cc1ccc(CNC2CC2c2ccc(C(N)=O)cc2)cc1. The van der Waals surface area contributed by atoms with Crippen molar-refractivity contribution in [3.05, 3.63) is 70.8 Å². The zero-order valence-corrected chi connectivity index (χ0v) is 12.2. The number of amides is 1. The highest BCUT2D eigenvalue weighted by Crippen LogP contribution is 2.40. The predicted octanol–water partition coefficient (Wildman–Crippen LogP) is 2.74. The van der Waals surface area contributed by atoms with Crippen molar-refractivity contribution < 1.29 is 4.79 Å². The average Bonchev–Trinajstić information content (AvgIpc) is 3.26. The van der Waals surface area contributed by atoms with Crippen LogP contribution in [0, 0.1) is 6.92 Å². The van der Waals surface area contributed by atoms with E-state index in [1.807, 2.05) is 24.3 Å². The van der Waals surface area contributed by atoms with Crippen LogP contribution in [-0.4, -0.2) is 11.9 Å². The minimum absolute atomic E-state index is 0.369. The maximum absolute atomic E-state index is 11.1. The minimum atomic E-state index is -0.369. The number of rotatable bonds is 5. The fourth-order valence-corrected chi connectivity index (χ4v) is 2.64. The Labute approximate surface area is 125 Å². The molecule has 2 unspecified atom stereocenters. The lowest BCUT2D eigenvalue weighted by molar-refractivity contribution is 0.100. The lowest BCUT2D eigenvalue weighted by atomic mass is 10.1. The van der Waals surface area contributed by atoms with Crippen molar-refractivity contribution in [2.45, 2.75) is 31.8 Å². The van der Waals surface area contributed by atoms with Crippen LogP contribution in [0.4, 0.5) is 0 Å². The monoisotopic (exact) mass is 280 g/mol. The number of benzene rings is 2. The molecule has 1 fully saturated rings. The molecule has 0 radical (unpaired) electrons. The second-order valence-electron chi connectivity index (χ2n) is 5.80. The van der Waals surface area contributed by atoms with Crippen LogP contribution in [0.15, 0.2) is 48.5 Å². The molecule has 3 heteroatoms. The summed E-state index contributed by atoms with van der Waals surface area (Å²) in [5, 5.41) is 3.59. The van der Waals surface area contributed by atoms with Crippen LogP contribution in [0.3, 0.4) is 0 Å². The summed E-state index contributed by atoms with van der Waals surface area (Å²) in [6.45, 7) is 3.00. The molecule has 0 heterocycles. The first-order valence-electron chi connectivity index (χ1n) is 7.32. The van der Waals surface area contributed by atoms with Gasteiger partial charge in [-0.15, -0.1) is 0 Å². The van der Waals surface area contributed by atoms with Crippen molar-refractivity contribution in [1.29, 1.82) is 0 Å². The first kappa shape index (κ1) is 13.8. The van der Waals surface area contributed by atoms with Crippen LogP contribution in [-0.2, 0) is 6.54 Å². The Balaban J connectivity index is 1.54. The Morgan fingerprint density at radius 1 is 1.14 bits per heavy atom. The molecule has 1 aliphatic rings. The molecular weight excluding hydrogens is 260 g/mol. The molecule has 3 N–H and O–H groups in total. The number of aryl methyl sites for hydroxylation is 1. The molecule has 1 amide bonds. The normalized spacial score (nSPS) is 20.2. The van der Waals surface area contributed by atoms with Gasteiger partial charge in [-0.05, 0) is 36.6 Å². The zero-order chi connectivity index (χ0) is 14.8. The molecule has 108 valence electrons. The molecule has 3 rings (SSSR count). The average molecular weight is 280 g/mol. The lowest BCUT2D eigenvalue weighted by Crippen LogP contribution is -2.17. The van der Waals surface area contributed by atoms with Crippen LogP contribution in [0.25, 0.3) is 0 Å². The van der Waals surface area contributed by atoms with E-state index in [0.717, 1.165) is 13.0 Å². The molecule has 0 aromatic heterocycles. The van der Waals surface area contributed by atoms with E-state index in [1.54, 1.807) is 0 Å². The molecule has 0 saturated heterocycles. The predicted molar refractivity (Wildman–Crippen MR) is 84.1 cm³/mol. The topological polar surface area (TPSA) is 55.1 Å². The second kappa shape index (κ2) is 5.70. The highest BCUT2D eigenvalue weighted by molar-refractivity contribution is 5.92. The Morgan fingerprint density at radius 3 is 2.43 bits per heavy atom. The van der Waals surface area contributed by atoms with Gasteiger partial charge in [-0.1, -0.05) is 42.0 Å². The van der Waals surface area contributed by atoms with Gasteiger partial charge >= 0.3 is 0 Å². The van der Waals surface area contributed by atoms with Crippen molar-refractivity contribution in [2.75, 3.05) is 0 Å². The largest absolute Gasteiger partial charge is 0.366 e. The molecule has 0 aliphatic heterocycles. The molecule has 21 heavy (non-hydrogen) atoms. The third-order valence-electron chi connectivity index (χ3n) is 4.10. The molecule has 1 saturated carbocycles. The van der Waals surface area contributed by atoms with Crippen LogP contribution < -0.4 is 11.1 Å². The summed E-state index contributed by atoms with van der Waals surface area (Å²) in [5.74, 6) is 0.184. The van der Waals surface area contributed by atoms with Gasteiger partial charge in [0.2, 0.25) is 5.91 Å². The first-order chi connectivity index (χ1) is 10.1. The quantitative estimate of drug-likeness (QED) is 0.885. The van der Waals surface area contributed by atoms with E-state index in [2.05, 4.69) is 36.5 Å². The molecular formula is C18H20N2O. The van der Waals surface area contributed by atoms with Crippen molar-refractivity contribution in [1.82, 2.24) is 5.32 Å². The Bertz CT molecular complexity index is 631. The molecule has 2 aromatic carbocycles. The lowest BCUT2D eigenvalue weighted by Gasteiger charge is -2.05.